The Morgan fingerprint density at radius 2 is 2.00 bits per heavy atom. The van der Waals surface area contributed by atoms with Crippen LogP contribution in [0.4, 0.5) is 8.78 Å². The summed E-state index contributed by atoms with van der Waals surface area (Å²) in [6.45, 7) is 1.66. The van der Waals surface area contributed by atoms with Gasteiger partial charge in [-0.2, -0.15) is 0 Å². The van der Waals surface area contributed by atoms with Crippen LogP contribution in [0.3, 0.4) is 0 Å². The molecule has 1 N–H and O–H groups in total. The molecule has 1 aromatic carbocycles. The zero-order chi connectivity index (χ0) is 12.1. The number of halogens is 3. The van der Waals surface area contributed by atoms with Gasteiger partial charge >= 0.3 is 0 Å². The largest absolute Gasteiger partial charge is 0.341 e. The van der Waals surface area contributed by atoms with E-state index >= 15 is 0 Å². The molecule has 1 amide bonds. The summed E-state index contributed by atoms with van der Waals surface area (Å²) in [5.41, 5.74) is -0.596. The average molecular weight is 288 g/mol. The molecule has 0 spiro atoms. The first-order valence-electron chi connectivity index (χ1n) is 4.38. The van der Waals surface area contributed by atoms with E-state index in [1.54, 1.807) is 6.92 Å². The Morgan fingerprint density at radius 3 is 2.50 bits per heavy atom. The Labute approximate surface area is 100 Å². The van der Waals surface area contributed by atoms with Gasteiger partial charge in [-0.3, -0.25) is 4.79 Å². The van der Waals surface area contributed by atoms with Crippen molar-refractivity contribution in [1.82, 2.24) is 5.32 Å². The van der Waals surface area contributed by atoms with Crippen molar-refractivity contribution in [3.8, 4) is 11.8 Å². The van der Waals surface area contributed by atoms with Crippen LogP contribution in [0, 0.1) is 23.5 Å². The highest BCUT2D eigenvalue weighted by Gasteiger charge is 2.17. The Bertz CT molecular complexity index is 454. The number of carbonyl (C=O) groups excluding carboxylic acids is 1. The molecule has 84 valence electrons. The van der Waals surface area contributed by atoms with Crippen LogP contribution >= 0.6 is 15.9 Å². The molecule has 0 unspecified atom stereocenters. The maximum absolute atomic E-state index is 13.3. The Kier molecular flexibility index (Phi) is 4.44. The van der Waals surface area contributed by atoms with Gasteiger partial charge in [0.05, 0.1) is 6.54 Å². The van der Waals surface area contributed by atoms with Gasteiger partial charge in [0.25, 0.3) is 5.91 Å². The minimum absolute atomic E-state index is 0.0598. The molecule has 1 rings (SSSR count). The first-order valence-corrected chi connectivity index (χ1v) is 5.18. The molecule has 0 aliphatic rings. The average Bonchev–Trinajstić information content (AvgIpc) is 2.16. The topological polar surface area (TPSA) is 29.1 Å². The number of hydrogen-bond donors (Lipinski definition) is 1. The van der Waals surface area contributed by atoms with Crippen LogP contribution in [0.15, 0.2) is 16.6 Å². The molecule has 0 aromatic heterocycles. The minimum Gasteiger partial charge on any atom is -0.341 e. The maximum atomic E-state index is 13.3. The minimum atomic E-state index is -0.908. The zero-order valence-corrected chi connectivity index (χ0v) is 9.99. The predicted molar refractivity (Wildman–Crippen MR) is 59.8 cm³/mol. The van der Waals surface area contributed by atoms with Crippen LogP contribution in [0.25, 0.3) is 0 Å². The lowest BCUT2D eigenvalue weighted by Crippen LogP contribution is -2.25. The summed E-state index contributed by atoms with van der Waals surface area (Å²) in [6, 6.07) is 2.06. The quantitative estimate of drug-likeness (QED) is 0.832. The van der Waals surface area contributed by atoms with Crippen molar-refractivity contribution in [1.29, 1.82) is 0 Å². The van der Waals surface area contributed by atoms with Gasteiger partial charge in [-0.15, -0.1) is 5.92 Å². The van der Waals surface area contributed by atoms with E-state index in [4.69, 9.17) is 0 Å². The third kappa shape index (κ3) is 3.04. The second kappa shape index (κ2) is 5.61. The molecule has 0 heterocycles. The molecule has 2 nitrogen and oxygen atoms in total. The van der Waals surface area contributed by atoms with Crippen molar-refractivity contribution >= 4 is 21.8 Å². The summed E-state index contributed by atoms with van der Waals surface area (Å²) in [5.74, 6) is 2.48. The molecule has 0 saturated heterocycles. The molecule has 0 bridgehead atoms. The molecule has 16 heavy (non-hydrogen) atoms. The van der Waals surface area contributed by atoms with E-state index in [0.29, 0.717) is 0 Å². The summed E-state index contributed by atoms with van der Waals surface area (Å²) in [7, 11) is 0. The monoisotopic (exact) mass is 287 g/mol. The molecular weight excluding hydrogens is 280 g/mol. The van der Waals surface area contributed by atoms with Crippen molar-refractivity contribution in [3.05, 3.63) is 33.8 Å². The van der Waals surface area contributed by atoms with E-state index in [0.717, 1.165) is 12.1 Å². The van der Waals surface area contributed by atoms with Crippen LogP contribution < -0.4 is 5.32 Å². The highest BCUT2D eigenvalue weighted by atomic mass is 79.9. The lowest BCUT2D eigenvalue weighted by molar-refractivity contribution is 0.0950. The third-order valence-corrected chi connectivity index (χ3v) is 2.21. The third-order valence-electron chi connectivity index (χ3n) is 1.75. The normalized spacial score (nSPS) is 9.25. The maximum Gasteiger partial charge on any atom is 0.258 e. The number of amides is 1. The zero-order valence-electron chi connectivity index (χ0n) is 8.40. The van der Waals surface area contributed by atoms with E-state index in [-0.39, 0.29) is 11.0 Å². The Balaban J connectivity index is 2.94. The molecule has 5 heteroatoms. The van der Waals surface area contributed by atoms with E-state index in [2.05, 4.69) is 33.1 Å². The van der Waals surface area contributed by atoms with Crippen molar-refractivity contribution < 1.29 is 13.6 Å². The van der Waals surface area contributed by atoms with E-state index in [1.807, 2.05) is 0 Å². The fourth-order valence-corrected chi connectivity index (χ4v) is 1.46. The number of benzene rings is 1. The summed E-state index contributed by atoms with van der Waals surface area (Å²) in [6.07, 6.45) is 0. The summed E-state index contributed by atoms with van der Waals surface area (Å²) >= 11 is 2.93. The van der Waals surface area contributed by atoms with Gasteiger partial charge in [0.1, 0.15) is 17.2 Å². The standard InChI is InChI=1S/C11H8BrF2NO/c1-2-3-4-15-11(16)10-8(13)5-7(12)6-9(10)14/h5-6H,4H2,1H3,(H,15,16). The SMILES string of the molecule is CC#CCNC(=O)c1c(F)cc(Br)cc1F. The first kappa shape index (κ1) is 12.7. The van der Waals surface area contributed by atoms with Crippen molar-refractivity contribution in [2.75, 3.05) is 6.54 Å². The summed E-state index contributed by atoms with van der Waals surface area (Å²) in [5, 5.41) is 2.29. The first-order chi connectivity index (χ1) is 7.56. The van der Waals surface area contributed by atoms with Crippen LogP contribution in [0.2, 0.25) is 0 Å². The number of rotatable bonds is 2. The fraction of sp³-hybridized carbons (Fsp3) is 0.182. The van der Waals surface area contributed by atoms with Gasteiger partial charge in [-0.25, -0.2) is 8.78 Å². The fourth-order valence-electron chi connectivity index (χ4n) is 1.06. The summed E-state index contributed by atoms with van der Waals surface area (Å²) in [4.78, 5) is 11.4. The van der Waals surface area contributed by atoms with Gasteiger partial charge in [0.2, 0.25) is 0 Å². The van der Waals surface area contributed by atoms with E-state index in [1.165, 1.54) is 0 Å². The second-order valence-corrected chi connectivity index (χ2v) is 3.77. The van der Waals surface area contributed by atoms with Crippen LogP contribution in [0.5, 0.6) is 0 Å². The number of carbonyl (C=O) groups is 1. The second-order valence-electron chi connectivity index (χ2n) is 2.85. The number of hydrogen-bond acceptors (Lipinski definition) is 1. The van der Waals surface area contributed by atoms with Crippen LogP contribution in [-0.4, -0.2) is 12.5 Å². The van der Waals surface area contributed by atoms with Crippen LogP contribution in [0.1, 0.15) is 17.3 Å². The van der Waals surface area contributed by atoms with Gasteiger partial charge in [-0.05, 0) is 19.1 Å². The molecule has 0 aliphatic heterocycles. The van der Waals surface area contributed by atoms with Crippen molar-refractivity contribution in [2.24, 2.45) is 0 Å². The smallest absolute Gasteiger partial charge is 0.258 e. The predicted octanol–water partition coefficient (Wildman–Crippen LogP) is 2.48. The molecule has 0 radical (unpaired) electrons. The van der Waals surface area contributed by atoms with Gasteiger partial charge in [0.15, 0.2) is 0 Å². The lowest BCUT2D eigenvalue weighted by atomic mass is 10.2. The van der Waals surface area contributed by atoms with Gasteiger partial charge < -0.3 is 5.32 Å². The lowest BCUT2D eigenvalue weighted by Gasteiger charge is -2.05. The van der Waals surface area contributed by atoms with Crippen molar-refractivity contribution in [3.63, 3.8) is 0 Å². The van der Waals surface area contributed by atoms with E-state index in [9.17, 15) is 13.6 Å². The van der Waals surface area contributed by atoms with E-state index < -0.39 is 23.1 Å². The van der Waals surface area contributed by atoms with Crippen LogP contribution in [-0.2, 0) is 0 Å². The van der Waals surface area contributed by atoms with Gasteiger partial charge in [-0.1, -0.05) is 21.9 Å². The Hall–Kier alpha value is -1.41. The van der Waals surface area contributed by atoms with Crippen molar-refractivity contribution in [2.45, 2.75) is 6.92 Å². The molecule has 0 aliphatic carbocycles. The molecular formula is C11H8BrF2NO. The molecule has 1 aromatic rings. The van der Waals surface area contributed by atoms with Gasteiger partial charge in [0, 0.05) is 4.47 Å². The summed E-state index contributed by atoms with van der Waals surface area (Å²) < 4.78 is 26.9. The molecule has 0 saturated carbocycles. The molecule has 0 fully saturated rings. The highest BCUT2D eigenvalue weighted by Crippen LogP contribution is 2.19. The molecule has 0 atom stereocenters. The number of nitrogens with one attached hydrogen (secondary N) is 1. The Morgan fingerprint density at radius 1 is 1.44 bits per heavy atom. The highest BCUT2D eigenvalue weighted by molar-refractivity contribution is 9.10.